The van der Waals surface area contributed by atoms with Crippen LogP contribution in [0.2, 0.25) is 0 Å². The van der Waals surface area contributed by atoms with E-state index in [2.05, 4.69) is 22.1 Å². The molecule has 0 saturated heterocycles. The number of amides is 1. The maximum absolute atomic E-state index is 12.7. The fraction of sp³-hybridized carbons (Fsp3) is 0.263. The quantitative estimate of drug-likeness (QED) is 0.694. The number of aromatic nitrogens is 2. The molecule has 0 atom stereocenters. The van der Waals surface area contributed by atoms with E-state index >= 15 is 0 Å². The molecule has 1 amide bonds. The Kier molecular flexibility index (Phi) is 4.38. The van der Waals surface area contributed by atoms with E-state index in [-0.39, 0.29) is 5.91 Å². The number of aryl methyl sites for hydroxylation is 1. The number of para-hydroxylation sites is 1. The number of rotatable bonds is 5. The van der Waals surface area contributed by atoms with Crippen LogP contribution >= 0.6 is 11.3 Å². The predicted molar refractivity (Wildman–Crippen MR) is 101 cm³/mol. The zero-order valence-corrected chi connectivity index (χ0v) is 14.9. The summed E-state index contributed by atoms with van der Waals surface area (Å²) < 4.78 is 1.92. The highest BCUT2D eigenvalue weighted by atomic mass is 32.1. The number of hydrogen-bond acceptors (Lipinski definition) is 4. The van der Waals surface area contributed by atoms with Crippen LogP contribution in [0.25, 0.3) is 16.9 Å². The molecule has 0 radical (unpaired) electrons. The maximum Gasteiger partial charge on any atom is 0.272 e. The van der Waals surface area contributed by atoms with Gasteiger partial charge in [0.15, 0.2) is 5.69 Å². The smallest absolute Gasteiger partial charge is 0.272 e. The summed E-state index contributed by atoms with van der Waals surface area (Å²) in [5.41, 5.74) is 4.85. The summed E-state index contributed by atoms with van der Waals surface area (Å²) >= 11 is 1.78. The van der Waals surface area contributed by atoms with E-state index in [1.807, 2.05) is 42.1 Å². The van der Waals surface area contributed by atoms with Gasteiger partial charge in [0.25, 0.3) is 5.91 Å². The number of carbonyl (C=O) groups is 1. The van der Waals surface area contributed by atoms with Gasteiger partial charge in [-0.15, -0.1) is 11.3 Å². The molecule has 0 bridgehead atoms. The zero-order valence-electron chi connectivity index (χ0n) is 14.1. The van der Waals surface area contributed by atoms with Crippen molar-refractivity contribution < 1.29 is 4.79 Å². The molecule has 0 fully saturated rings. The third-order valence-corrected chi connectivity index (χ3v) is 5.44. The Morgan fingerprint density at radius 1 is 1.20 bits per heavy atom. The molecule has 3 aromatic rings. The van der Waals surface area contributed by atoms with Crippen LogP contribution in [0.4, 0.5) is 0 Å². The van der Waals surface area contributed by atoms with Crippen LogP contribution in [-0.2, 0) is 12.8 Å². The van der Waals surface area contributed by atoms with E-state index in [1.165, 1.54) is 10.4 Å². The minimum atomic E-state index is -0.0974. The lowest BCUT2D eigenvalue weighted by molar-refractivity contribution is 0.0948. The molecule has 2 aromatic heterocycles. The van der Waals surface area contributed by atoms with Crippen molar-refractivity contribution in [3.05, 3.63) is 57.9 Å². The highest BCUT2D eigenvalue weighted by Gasteiger charge is 2.29. The Balaban J connectivity index is 1.82. The standard InChI is InChI=1S/C19H20N4OS/c1-20-10-11-21-19(24)17-15-7-8-16-14(9-12-25-16)18(15)23(22-17)13-5-3-2-4-6-13/h2-6,9,12,20H,7-8,10-11H2,1H3,(H,21,24). The van der Waals surface area contributed by atoms with Crippen LogP contribution in [0, 0.1) is 0 Å². The van der Waals surface area contributed by atoms with E-state index in [1.54, 1.807) is 11.3 Å². The molecule has 1 aliphatic carbocycles. The summed E-state index contributed by atoms with van der Waals surface area (Å²) in [4.78, 5) is 14.0. The number of benzene rings is 1. The fourth-order valence-electron chi connectivity index (χ4n) is 3.27. The van der Waals surface area contributed by atoms with Gasteiger partial charge in [-0.25, -0.2) is 4.68 Å². The number of nitrogens with zero attached hydrogens (tertiary/aromatic N) is 2. The lowest BCUT2D eigenvalue weighted by Crippen LogP contribution is -2.31. The topological polar surface area (TPSA) is 58.9 Å². The van der Waals surface area contributed by atoms with Gasteiger partial charge in [0.05, 0.1) is 11.4 Å². The Hall–Kier alpha value is -2.44. The molecule has 0 spiro atoms. The van der Waals surface area contributed by atoms with Crippen molar-refractivity contribution in [1.82, 2.24) is 20.4 Å². The summed E-state index contributed by atoms with van der Waals surface area (Å²) in [6.45, 7) is 1.33. The second kappa shape index (κ2) is 6.82. The first-order chi connectivity index (χ1) is 12.3. The molecule has 2 heterocycles. The fourth-order valence-corrected chi connectivity index (χ4v) is 4.15. The van der Waals surface area contributed by atoms with Crippen LogP contribution in [-0.4, -0.2) is 35.8 Å². The van der Waals surface area contributed by atoms with Crippen LogP contribution in [0.15, 0.2) is 41.8 Å². The average Bonchev–Trinajstić information content (AvgIpc) is 3.26. The Morgan fingerprint density at radius 2 is 2.04 bits per heavy atom. The van der Waals surface area contributed by atoms with Gasteiger partial charge in [0.2, 0.25) is 0 Å². The maximum atomic E-state index is 12.7. The number of thiophene rings is 1. The van der Waals surface area contributed by atoms with E-state index in [0.29, 0.717) is 12.2 Å². The van der Waals surface area contributed by atoms with Gasteiger partial charge in [-0.2, -0.15) is 5.10 Å². The number of likely N-dealkylation sites (N-methyl/N-ethyl adjacent to an activating group) is 1. The van der Waals surface area contributed by atoms with Gasteiger partial charge in [-0.3, -0.25) is 4.79 Å². The van der Waals surface area contributed by atoms with Crippen molar-refractivity contribution in [3.63, 3.8) is 0 Å². The molecule has 0 saturated carbocycles. The van der Waals surface area contributed by atoms with Crippen molar-refractivity contribution in [3.8, 4) is 16.9 Å². The number of hydrogen-bond donors (Lipinski definition) is 2. The van der Waals surface area contributed by atoms with Crippen molar-refractivity contribution in [2.24, 2.45) is 0 Å². The zero-order chi connectivity index (χ0) is 17.2. The highest BCUT2D eigenvalue weighted by molar-refractivity contribution is 7.10. The molecule has 0 unspecified atom stereocenters. The first-order valence-electron chi connectivity index (χ1n) is 8.46. The summed E-state index contributed by atoms with van der Waals surface area (Å²) in [6, 6.07) is 12.2. The van der Waals surface area contributed by atoms with Crippen molar-refractivity contribution in [2.75, 3.05) is 20.1 Å². The van der Waals surface area contributed by atoms with Gasteiger partial charge in [-0.1, -0.05) is 18.2 Å². The average molecular weight is 352 g/mol. The predicted octanol–water partition coefficient (Wildman–Crippen LogP) is 2.65. The van der Waals surface area contributed by atoms with E-state index in [4.69, 9.17) is 5.10 Å². The number of nitrogens with one attached hydrogen (secondary N) is 2. The van der Waals surface area contributed by atoms with Gasteiger partial charge in [0.1, 0.15) is 0 Å². The van der Waals surface area contributed by atoms with Crippen molar-refractivity contribution >= 4 is 17.2 Å². The SMILES string of the molecule is CNCCNC(=O)c1nn(-c2ccccc2)c2c1CCc1sccc1-2. The normalized spacial score (nSPS) is 12.5. The minimum absolute atomic E-state index is 0.0974. The molecule has 128 valence electrons. The van der Waals surface area contributed by atoms with Crippen LogP contribution in [0.5, 0.6) is 0 Å². The van der Waals surface area contributed by atoms with Crippen LogP contribution in [0.1, 0.15) is 20.9 Å². The molecule has 2 N–H and O–H groups in total. The summed E-state index contributed by atoms with van der Waals surface area (Å²) in [6.07, 6.45) is 1.82. The Labute approximate surface area is 150 Å². The third kappa shape index (κ3) is 2.88. The minimum Gasteiger partial charge on any atom is -0.349 e. The molecule has 1 aliphatic rings. The van der Waals surface area contributed by atoms with E-state index in [0.717, 1.165) is 36.3 Å². The lowest BCUT2D eigenvalue weighted by Gasteiger charge is -2.15. The first kappa shape index (κ1) is 16.1. The summed E-state index contributed by atoms with van der Waals surface area (Å²) in [5.74, 6) is -0.0974. The van der Waals surface area contributed by atoms with Crippen molar-refractivity contribution in [2.45, 2.75) is 12.8 Å². The molecule has 4 rings (SSSR count). The molecular weight excluding hydrogens is 332 g/mol. The third-order valence-electron chi connectivity index (χ3n) is 4.46. The first-order valence-corrected chi connectivity index (χ1v) is 9.34. The highest BCUT2D eigenvalue weighted by Crippen LogP contribution is 2.39. The van der Waals surface area contributed by atoms with E-state index < -0.39 is 0 Å². The van der Waals surface area contributed by atoms with Gasteiger partial charge >= 0.3 is 0 Å². The largest absolute Gasteiger partial charge is 0.349 e. The number of carbonyl (C=O) groups excluding carboxylic acids is 1. The number of fused-ring (bicyclic) bond motifs is 3. The van der Waals surface area contributed by atoms with Gasteiger partial charge in [0, 0.05) is 29.1 Å². The molecule has 0 aliphatic heterocycles. The molecular formula is C19H20N4OS. The van der Waals surface area contributed by atoms with Gasteiger partial charge < -0.3 is 10.6 Å². The summed E-state index contributed by atoms with van der Waals surface area (Å²) in [5, 5.41) is 12.8. The second-order valence-corrected chi connectivity index (χ2v) is 7.04. The van der Waals surface area contributed by atoms with Crippen LogP contribution < -0.4 is 10.6 Å². The molecule has 6 heteroatoms. The molecule has 5 nitrogen and oxygen atoms in total. The van der Waals surface area contributed by atoms with Crippen molar-refractivity contribution in [1.29, 1.82) is 0 Å². The second-order valence-electron chi connectivity index (χ2n) is 6.04. The Morgan fingerprint density at radius 3 is 2.84 bits per heavy atom. The van der Waals surface area contributed by atoms with Crippen LogP contribution in [0.3, 0.4) is 0 Å². The summed E-state index contributed by atoms with van der Waals surface area (Å²) in [7, 11) is 1.87. The molecule has 1 aromatic carbocycles. The lowest BCUT2D eigenvalue weighted by atomic mass is 9.94. The molecule has 25 heavy (non-hydrogen) atoms. The van der Waals surface area contributed by atoms with E-state index in [9.17, 15) is 4.79 Å². The van der Waals surface area contributed by atoms with Gasteiger partial charge in [-0.05, 0) is 43.5 Å². The Bertz CT molecular complexity index is 898. The monoisotopic (exact) mass is 352 g/mol.